The van der Waals surface area contributed by atoms with E-state index in [0.29, 0.717) is 5.39 Å². The van der Waals surface area contributed by atoms with E-state index in [2.05, 4.69) is 4.98 Å². The highest BCUT2D eigenvalue weighted by molar-refractivity contribution is 7.90. The fourth-order valence-electron chi connectivity index (χ4n) is 2.16. The van der Waals surface area contributed by atoms with E-state index in [4.69, 9.17) is 0 Å². The molecule has 0 fully saturated rings. The molecule has 0 spiro atoms. The van der Waals surface area contributed by atoms with Gasteiger partial charge < -0.3 is 10.0 Å². The Balaban J connectivity index is 2.25. The Morgan fingerprint density at radius 1 is 1.05 bits per heavy atom. The molecule has 0 aliphatic rings. The number of fused-ring (bicyclic) bond motifs is 1. The molecule has 0 saturated carbocycles. The van der Waals surface area contributed by atoms with E-state index >= 15 is 0 Å². The molecule has 0 aliphatic heterocycles. The Morgan fingerprint density at radius 2 is 1.76 bits per heavy atom. The molecule has 2 heterocycles. The Bertz CT molecular complexity index is 891. The highest BCUT2D eigenvalue weighted by Crippen LogP contribution is 2.19. The van der Waals surface area contributed by atoms with Crippen LogP contribution in [0.5, 0.6) is 0 Å². The summed E-state index contributed by atoms with van der Waals surface area (Å²) in [7, 11) is -5.46. The van der Waals surface area contributed by atoms with Crippen molar-refractivity contribution >= 4 is 33.6 Å². The molecule has 0 amide bonds. The zero-order chi connectivity index (χ0) is 15.0. The van der Waals surface area contributed by atoms with Crippen LogP contribution in [0.3, 0.4) is 0 Å². The van der Waals surface area contributed by atoms with Crippen molar-refractivity contribution in [3.05, 3.63) is 54.9 Å². The van der Waals surface area contributed by atoms with Crippen LogP contribution in [-0.2, 0) is 10.0 Å². The summed E-state index contributed by atoms with van der Waals surface area (Å²) >= 11 is 0. The molecular weight excluding hydrogens is 291 g/mol. The van der Waals surface area contributed by atoms with Crippen LogP contribution in [0.25, 0.3) is 11.0 Å². The van der Waals surface area contributed by atoms with E-state index in [1.165, 1.54) is 36.7 Å². The van der Waals surface area contributed by atoms with Gasteiger partial charge in [0.25, 0.3) is 10.0 Å². The maximum atomic E-state index is 12.6. The van der Waals surface area contributed by atoms with Gasteiger partial charge >= 0.3 is 7.12 Å². The van der Waals surface area contributed by atoms with Crippen molar-refractivity contribution in [2.75, 3.05) is 0 Å². The van der Waals surface area contributed by atoms with Gasteiger partial charge in [0.05, 0.1) is 4.90 Å². The third-order valence-electron chi connectivity index (χ3n) is 3.17. The normalized spacial score (nSPS) is 11.7. The SMILES string of the molecule is O=S(=O)(c1ccccc1)n1ccc2c(B(O)O)ccnc21. The number of rotatable bonds is 3. The van der Waals surface area contributed by atoms with Gasteiger partial charge in [-0.3, -0.25) is 0 Å². The first kappa shape index (κ1) is 13.8. The van der Waals surface area contributed by atoms with Crippen LogP contribution in [-0.4, -0.2) is 34.5 Å². The monoisotopic (exact) mass is 302 g/mol. The molecule has 8 heteroatoms. The van der Waals surface area contributed by atoms with Gasteiger partial charge in [-0.25, -0.2) is 17.4 Å². The summed E-state index contributed by atoms with van der Waals surface area (Å²) in [4.78, 5) is 4.18. The van der Waals surface area contributed by atoms with Crippen molar-refractivity contribution < 1.29 is 18.5 Å². The number of aromatic nitrogens is 2. The van der Waals surface area contributed by atoms with Gasteiger partial charge in [0, 0.05) is 17.8 Å². The van der Waals surface area contributed by atoms with Crippen molar-refractivity contribution in [1.29, 1.82) is 0 Å². The lowest BCUT2D eigenvalue weighted by atomic mass is 9.79. The second kappa shape index (κ2) is 4.99. The van der Waals surface area contributed by atoms with E-state index in [-0.39, 0.29) is 16.0 Å². The minimum Gasteiger partial charge on any atom is -0.423 e. The molecule has 0 radical (unpaired) electrons. The van der Waals surface area contributed by atoms with Gasteiger partial charge in [0.1, 0.15) is 0 Å². The number of hydrogen-bond acceptors (Lipinski definition) is 5. The predicted molar refractivity (Wildman–Crippen MR) is 78.6 cm³/mol. The van der Waals surface area contributed by atoms with E-state index in [0.717, 1.165) is 3.97 Å². The van der Waals surface area contributed by atoms with Crippen LogP contribution in [0.1, 0.15) is 0 Å². The smallest absolute Gasteiger partial charge is 0.423 e. The Morgan fingerprint density at radius 3 is 2.43 bits per heavy atom. The summed E-state index contributed by atoms with van der Waals surface area (Å²) < 4.78 is 26.2. The maximum Gasteiger partial charge on any atom is 0.489 e. The van der Waals surface area contributed by atoms with Crippen molar-refractivity contribution in [2.45, 2.75) is 4.90 Å². The molecule has 106 valence electrons. The van der Waals surface area contributed by atoms with Crippen LogP contribution in [0.15, 0.2) is 59.8 Å². The summed E-state index contributed by atoms with van der Waals surface area (Å²) in [5.41, 5.74) is 0.367. The lowest BCUT2D eigenvalue weighted by Gasteiger charge is -2.07. The minimum atomic E-state index is -3.77. The summed E-state index contributed by atoms with van der Waals surface area (Å²) in [6.07, 6.45) is 2.69. The first-order valence-electron chi connectivity index (χ1n) is 6.14. The van der Waals surface area contributed by atoms with Gasteiger partial charge in [-0.15, -0.1) is 0 Å². The van der Waals surface area contributed by atoms with E-state index in [1.807, 2.05) is 0 Å². The van der Waals surface area contributed by atoms with Crippen LogP contribution >= 0.6 is 0 Å². The Hall–Kier alpha value is -2.16. The van der Waals surface area contributed by atoms with Crippen LogP contribution in [0, 0.1) is 0 Å². The molecule has 0 unspecified atom stereocenters. The summed E-state index contributed by atoms with van der Waals surface area (Å²) in [6, 6.07) is 10.9. The number of benzene rings is 1. The van der Waals surface area contributed by atoms with Crippen molar-refractivity contribution in [1.82, 2.24) is 8.96 Å². The predicted octanol–water partition coefficient (Wildman–Crippen LogP) is -0.0469. The number of hydrogen-bond donors (Lipinski definition) is 2. The molecule has 3 aromatic rings. The largest absolute Gasteiger partial charge is 0.489 e. The van der Waals surface area contributed by atoms with E-state index < -0.39 is 17.1 Å². The van der Waals surface area contributed by atoms with E-state index in [1.54, 1.807) is 18.2 Å². The lowest BCUT2D eigenvalue weighted by Crippen LogP contribution is -2.30. The fraction of sp³-hybridized carbons (Fsp3) is 0. The molecule has 0 saturated heterocycles. The molecule has 2 aromatic heterocycles. The maximum absolute atomic E-state index is 12.6. The summed E-state index contributed by atoms with van der Waals surface area (Å²) in [5, 5.41) is 19.0. The van der Waals surface area contributed by atoms with Crippen molar-refractivity contribution in [2.24, 2.45) is 0 Å². The van der Waals surface area contributed by atoms with Crippen molar-refractivity contribution in [3.8, 4) is 0 Å². The fourth-order valence-corrected chi connectivity index (χ4v) is 3.48. The first-order chi connectivity index (χ1) is 10.0. The molecule has 6 nitrogen and oxygen atoms in total. The molecule has 2 N–H and O–H groups in total. The molecule has 3 rings (SSSR count). The van der Waals surface area contributed by atoms with Gasteiger partial charge in [0.2, 0.25) is 0 Å². The van der Waals surface area contributed by atoms with Gasteiger partial charge in [-0.05, 0) is 29.7 Å². The first-order valence-corrected chi connectivity index (χ1v) is 7.58. The quantitative estimate of drug-likeness (QED) is 0.662. The van der Waals surface area contributed by atoms with Crippen LogP contribution in [0.4, 0.5) is 0 Å². The third kappa shape index (κ3) is 2.23. The Labute approximate surface area is 121 Å². The summed E-state index contributed by atoms with van der Waals surface area (Å²) in [6.45, 7) is 0. The second-order valence-corrected chi connectivity index (χ2v) is 6.26. The number of pyridine rings is 1. The lowest BCUT2D eigenvalue weighted by molar-refractivity contribution is 0.426. The zero-order valence-electron chi connectivity index (χ0n) is 10.8. The number of nitrogens with zero attached hydrogens (tertiary/aromatic N) is 2. The van der Waals surface area contributed by atoms with Crippen LogP contribution < -0.4 is 5.46 Å². The standard InChI is InChI=1S/C13H11BN2O4S/c17-14(18)12-6-8-15-13-11(12)7-9-16(13)21(19,20)10-4-2-1-3-5-10/h1-9,17-18H. The minimum absolute atomic E-state index is 0.138. The topological polar surface area (TPSA) is 92.4 Å². The molecular formula is C13H11BN2O4S. The third-order valence-corrected chi connectivity index (χ3v) is 4.85. The highest BCUT2D eigenvalue weighted by atomic mass is 32.2. The second-order valence-electron chi connectivity index (χ2n) is 4.44. The van der Waals surface area contributed by atoms with Crippen LogP contribution in [0.2, 0.25) is 0 Å². The average Bonchev–Trinajstić information content (AvgIpc) is 2.92. The Kier molecular flexibility index (Phi) is 3.28. The molecule has 1 aromatic carbocycles. The molecule has 0 bridgehead atoms. The van der Waals surface area contributed by atoms with Gasteiger partial charge in [-0.2, -0.15) is 0 Å². The van der Waals surface area contributed by atoms with Gasteiger partial charge in [-0.1, -0.05) is 18.2 Å². The highest BCUT2D eigenvalue weighted by Gasteiger charge is 2.22. The molecule has 0 aliphatic carbocycles. The average molecular weight is 302 g/mol. The summed E-state index contributed by atoms with van der Waals surface area (Å²) in [5.74, 6) is 0. The van der Waals surface area contributed by atoms with Crippen molar-refractivity contribution in [3.63, 3.8) is 0 Å². The van der Waals surface area contributed by atoms with E-state index in [9.17, 15) is 18.5 Å². The van der Waals surface area contributed by atoms with Gasteiger partial charge in [0.15, 0.2) is 5.65 Å². The molecule has 21 heavy (non-hydrogen) atoms. The zero-order valence-corrected chi connectivity index (χ0v) is 11.6. The molecule has 0 atom stereocenters.